The van der Waals surface area contributed by atoms with E-state index in [0.717, 1.165) is 18.7 Å². The summed E-state index contributed by atoms with van der Waals surface area (Å²) < 4.78 is 1.89. The molecule has 0 aliphatic heterocycles. The molecule has 1 atom stereocenters. The quantitative estimate of drug-likeness (QED) is 0.668. The first-order chi connectivity index (χ1) is 8.25. The van der Waals surface area contributed by atoms with Crippen LogP contribution in [0, 0.1) is 0 Å². The van der Waals surface area contributed by atoms with E-state index in [-0.39, 0.29) is 0 Å². The van der Waals surface area contributed by atoms with Crippen molar-refractivity contribution in [2.24, 2.45) is 7.05 Å². The van der Waals surface area contributed by atoms with Gasteiger partial charge in [-0.3, -0.25) is 0 Å². The van der Waals surface area contributed by atoms with E-state index in [2.05, 4.69) is 11.9 Å². The molecule has 0 aliphatic carbocycles. The first-order valence-electron chi connectivity index (χ1n) is 6.91. The maximum absolute atomic E-state index is 9.95. The van der Waals surface area contributed by atoms with Crippen molar-refractivity contribution in [3.63, 3.8) is 0 Å². The first kappa shape index (κ1) is 14.2. The van der Waals surface area contributed by atoms with Gasteiger partial charge in [-0.05, 0) is 6.42 Å². The molecule has 0 spiro atoms. The van der Waals surface area contributed by atoms with Crippen molar-refractivity contribution in [3.8, 4) is 0 Å². The molecule has 98 valence electrons. The van der Waals surface area contributed by atoms with Crippen molar-refractivity contribution in [1.82, 2.24) is 9.55 Å². The van der Waals surface area contributed by atoms with Gasteiger partial charge in [0.2, 0.25) is 0 Å². The standard InChI is InChI=1S/C14H26N2O/c1-3-4-5-6-7-8-9-10-13(17)14-15-11-12-16(14)2/h11-13,17H,3-10H2,1-2H3. The van der Waals surface area contributed by atoms with Crippen LogP contribution in [0.4, 0.5) is 0 Å². The van der Waals surface area contributed by atoms with Gasteiger partial charge in [-0.1, -0.05) is 51.9 Å². The summed E-state index contributed by atoms with van der Waals surface area (Å²) in [5.41, 5.74) is 0. The van der Waals surface area contributed by atoms with Crippen LogP contribution < -0.4 is 0 Å². The van der Waals surface area contributed by atoms with Gasteiger partial charge in [0.1, 0.15) is 11.9 Å². The minimum Gasteiger partial charge on any atom is -0.385 e. The van der Waals surface area contributed by atoms with Gasteiger partial charge in [0.25, 0.3) is 0 Å². The summed E-state index contributed by atoms with van der Waals surface area (Å²) in [5, 5.41) is 9.95. The van der Waals surface area contributed by atoms with E-state index in [9.17, 15) is 5.11 Å². The highest BCUT2D eigenvalue weighted by Gasteiger charge is 2.11. The number of nitrogens with zero attached hydrogens (tertiary/aromatic N) is 2. The molecule has 17 heavy (non-hydrogen) atoms. The van der Waals surface area contributed by atoms with Gasteiger partial charge in [-0.15, -0.1) is 0 Å². The van der Waals surface area contributed by atoms with Crippen molar-refractivity contribution in [3.05, 3.63) is 18.2 Å². The molecule has 0 bridgehead atoms. The number of aliphatic hydroxyl groups is 1. The number of rotatable bonds is 9. The molecule has 1 heterocycles. The highest BCUT2D eigenvalue weighted by molar-refractivity contribution is 4.95. The molecule has 0 aromatic carbocycles. The average Bonchev–Trinajstić information content (AvgIpc) is 2.74. The molecule has 0 radical (unpaired) electrons. The molecule has 1 aromatic rings. The summed E-state index contributed by atoms with van der Waals surface area (Å²) in [6.07, 6.45) is 13.0. The van der Waals surface area contributed by atoms with Crippen molar-refractivity contribution >= 4 is 0 Å². The molecule has 0 amide bonds. The second kappa shape index (κ2) is 8.29. The minimum absolute atomic E-state index is 0.398. The summed E-state index contributed by atoms with van der Waals surface area (Å²) in [5.74, 6) is 0.788. The summed E-state index contributed by atoms with van der Waals surface area (Å²) in [7, 11) is 1.93. The fourth-order valence-corrected chi connectivity index (χ4v) is 2.12. The lowest BCUT2D eigenvalue weighted by Gasteiger charge is -2.10. The lowest BCUT2D eigenvalue weighted by Crippen LogP contribution is -2.05. The largest absolute Gasteiger partial charge is 0.385 e. The fraction of sp³-hybridized carbons (Fsp3) is 0.786. The average molecular weight is 238 g/mol. The van der Waals surface area contributed by atoms with Gasteiger partial charge in [-0.2, -0.15) is 0 Å². The zero-order chi connectivity index (χ0) is 12.5. The molecule has 0 fully saturated rings. The maximum atomic E-state index is 9.95. The van der Waals surface area contributed by atoms with Crippen molar-refractivity contribution in [1.29, 1.82) is 0 Å². The van der Waals surface area contributed by atoms with E-state index in [1.54, 1.807) is 6.20 Å². The van der Waals surface area contributed by atoms with Crippen LogP contribution in [0.15, 0.2) is 12.4 Å². The van der Waals surface area contributed by atoms with Gasteiger partial charge in [0.05, 0.1) is 0 Å². The van der Waals surface area contributed by atoms with E-state index in [1.165, 1.54) is 38.5 Å². The summed E-state index contributed by atoms with van der Waals surface area (Å²) in [4.78, 5) is 4.17. The van der Waals surface area contributed by atoms with E-state index in [1.807, 2.05) is 17.8 Å². The summed E-state index contributed by atoms with van der Waals surface area (Å²) in [6.45, 7) is 2.24. The van der Waals surface area contributed by atoms with E-state index < -0.39 is 6.10 Å². The Kier molecular flexibility index (Phi) is 6.94. The van der Waals surface area contributed by atoms with E-state index >= 15 is 0 Å². The normalized spacial score (nSPS) is 12.9. The molecule has 1 N–H and O–H groups in total. The van der Waals surface area contributed by atoms with Crippen molar-refractivity contribution in [2.45, 2.75) is 64.4 Å². The molecule has 1 rings (SSSR count). The predicted octanol–water partition coefficient (Wildman–Crippen LogP) is 3.59. The van der Waals surface area contributed by atoms with Crippen LogP contribution in [-0.4, -0.2) is 14.7 Å². The Morgan fingerprint density at radius 3 is 2.41 bits per heavy atom. The Labute approximate surface area is 105 Å². The first-order valence-corrected chi connectivity index (χ1v) is 6.91. The summed E-state index contributed by atoms with van der Waals surface area (Å²) >= 11 is 0. The SMILES string of the molecule is CCCCCCCCCC(O)c1nccn1C. The molecule has 1 aromatic heterocycles. The van der Waals surface area contributed by atoms with Crippen LogP contribution in [0.25, 0.3) is 0 Å². The van der Waals surface area contributed by atoms with Crippen LogP contribution in [0.2, 0.25) is 0 Å². The monoisotopic (exact) mass is 238 g/mol. The number of unbranched alkanes of at least 4 members (excludes halogenated alkanes) is 6. The third kappa shape index (κ3) is 5.35. The van der Waals surface area contributed by atoms with Gasteiger partial charge in [0.15, 0.2) is 0 Å². The molecule has 0 saturated carbocycles. The Bertz CT molecular complexity index is 296. The second-order valence-electron chi connectivity index (χ2n) is 4.82. The smallest absolute Gasteiger partial charge is 0.137 e. The van der Waals surface area contributed by atoms with E-state index in [0.29, 0.717) is 0 Å². The van der Waals surface area contributed by atoms with Gasteiger partial charge >= 0.3 is 0 Å². The third-order valence-electron chi connectivity index (χ3n) is 3.24. The fourth-order valence-electron chi connectivity index (χ4n) is 2.12. The van der Waals surface area contributed by atoms with Gasteiger partial charge in [-0.25, -0.2) is 4.98 Å². The topological polar surface area (TPSA) is 38.1 Å². The number of aliphatic hydroxyl groups excluding tert-OH is 1. The highest BCUT2D eigenvalue weighted by Crippen LogP contribution is 2.18. The van der Waals surface area contributed by atoms with E-state index in [4.69, 9.17) is 0 Å². The van der Waals surface area contributed by atoms with Gasteiger partial charge in [0, 0.05) is 19.4 Å². The van der Waals surface area contributed by atoms with Crippen molar-refractivity contribution < 1.29 is 5.11 Å². The summed E-state index contributed by atoms with van der Waals surface area (Å²) in [6, 6.07) is 0. The molecule has 1 unspecified atom stereocenters. The molecular weight excluding hydrogens is 212 g/mol. The number of hydrogen-bond acceptors (Lipinski definition) is 2. The second-order valence-corrected chi connectivity index (χ2v) is 4.82. The Morgan fingerprint density at radius 2 is 1.82 bits per heavy atom. The molecule has 0 saturated heterocycles. The Hall–Kier alpha value is -0.830. The maximum Gasteiger partial charge on any atom is 0.137 e. The minimum atomic E-state index is -0.398. The number of imidazole rings is 1. The number of aryl methyl sites for hydroxylation is 1. The molecular formula is C14H26N2O. The predicted molar refractivity (Wildman–Crippen MR) is 70.8 cm³/mol. The van der Waals surface area contributed by atoms with Crippen LogP contribution in [0.1, 0.15) is 70.2 Å². The molecule has 0 aliphatic rings. The number of aromatic nitrogens is 2. The number of hydrogen-bond donors (Lipinski definition) is 1. The molecule has 3 nitrogen and oxygen atoms in total. The Balaban J connectivity index is 2.05. The molecule has 3 heteroatoms. The zero-order valence-corrected chi connectivity index (χ0v) is 11.2. The van der Waals surface area contributed by atoms with Crippen molar-refractivity contribution in [2.75, 3.05) is 0 Å². The zero-order valence-electron chi connectivity index (χ0n) is 11.2. The Morgan fingerprint density at radius 1 is 1.18 bits per heavy atom. The highest BCUT2D eigenvalue weighted by atomic mass is 16.3. The van der Waals surface area contributed by atoms with Crippen LogP contribution in [-0.2, 0) is 7.05 Å². The van der Waals surface area contributed by atoms with Crippen LogP contribution in [0.5, 0.6) is 0 Å². The van der Waals surface area contributed by atoms with Crippen LogP contribution in [0.3, 0.4) is 0 Å². The lowest BCUT2D eigenvalue weighted by molar-refractivity contribution is 0.150. The lowest BCUT2D eigenvalue weighted by atomic mass is 10.1. The van der Waals surface area contributed by atoms with Crippen LogP contribution >= 0.6 is 0 Å². The van der Waals surface area contributed by atoms with Gasteiger partial charge < -0.3 is 9.67 Å². The third-order valence-corrected chi connectivity index (χ3v) is 3.24.